The van der Waals surface area contributed by atoms with Crippen molar-refractivity contribution in [3.05, 3.63) is 23.3 Å². The summed E-state index contributed by atoms with van der Waals surface area (Å²) in [6.07, 6.45) is 4.57. The molecule has 1 heterocycles. The summed E-state index contributed by atoms with van der Waals surface area (Å²) < 4.78 is 5.37. The minimum Gasteiger partial charge on any atom is -0.442 e. The highest BCUT2D eigenvalue weighted by atomic mass is 32.2. The van der Waals surface area contributed by atoms with Crippen LogP contribution < -0.4 is 0 Å². The summed E-state index contributed by atoms with van der Waals surface area (Å²) >= 11 is 1.74. The number of aryl methyl sites for hydroxylation is 1. The Morgan fingerprint density at radius 2 is 2.42 bits per heavy atom. The second kappa shape index (κ2) is 5.04. The van der Waals surface area contributed by atoms with Crippen LogP contribution in [0.2, 0.25) is 0 Å². The minimum absolute atomic E-state index is 0.702. The van der Waals surface area contributed by atoms with E-state index in [1.807, 2.05) is 11.5 Å². The molecule has 0 spiro atoms. The molecule has 0 saturated carbocycles. The average molecular weight is 183 g/mol. The van der Waals surface area contributed by atoms with Gasteiger partial charge in [-0.1, -0.05) is 13.8 Å². The van der Waals surface area contributed by atoms with Gasteiger partial charge in [-0.05, 0) is 11.2 Å². The maximum Gasteiger partial charge on any atom is 0.219 e. The van der Waals surface area contributed by atoms with Gasteiger partial charge in [0.1, 0.15) is 5.76 Å². The molecule has 0 N–H and O–H groups in total. The van der Waals surface area contributed by atoms with Crippen molar-refractivity contribution in [2.24, 2.45) is 0 Å². The van der Waals surface area contributed by atoms with Gasteiger partial charge in [-0.25, -0.2) is 4.98 Å². The maximum absolute atomic E-state index is 5.37. The molecule has 2 nitrogen and oxygen atoms in total. The summed E-state index contributed by atoms with van der Waals surface area (Å²) in [5, 5.41) is 2.01. The number of thioether (sulfide) groups is 1. The molecule has 66 valence electrons. The predicted octanol–water partition coefficient (Wildman–Crippen LogP) is 2.96. The van der Waals surface area contributed by atoms with E-state index >= 15 is 0 Å². The fourth-order valence-corrected chi connectivity index (χ4v) is 1.17. The first-order valence-corrected chi connectivity index (χ1v) is 5.14. The van der Waals surface area contributed by atoms with Crippen molar-refractivity contribution in [3.8, 4) is 0 Å². The molecule has 12 heavy (non-hydrogen) atoms. The molecule has 1 aromatic heterocycles. The van der Waals surface area contributed by atoms with Crippen molar-refractivity contribution in [3.63, 3.8) is 0 Å². The van der Waals surface area contributed by atoms with E-state index in [2.05, 4.69) is 18.8 Å². The van der Waals surface area contributed by atoms with Crippen LogP contribution in [0.3, 0.4) is 0 Å². The van der Waals surface area contributed by atoms with Gasteiger partial charge < -0.3 is 4.42 Å². The van der Waals surface area contributed by atoms with Crippen LogP contribution in [0.5, 0.6) is 0 Å². The van der Waals surface area contributed by atoms with Crippen molar-refractivity contribution < 1.29 is 4.42 Å². The third-order valence-electron chi connectivity index (χ3n) is 1.39. The Morgan fingerprint density at radius 3 is 3.00 bits per heavy atom. The molecule has 0 aromatic carbocycles. The number of aromatic nitrogens is 1. The first kappa shape index (κ1) is 9.39. The SMILES string of the molecule is CCSC=Cc1ncc(CC)o1. The number of hydrogen-bond acceptors (Lipinski definition) is 3. The van der Waals surface area contributed by atoms with Crippen molar-refractivity contribution in [2.45, 2.75) is 20.3 Å². The highest BCUT2D eigenvalue weighted by Gasteiger charge is 1.96. The molecule has 0 amide bonds. The molecule has 0 bridgehead atoms. The average Bonchev–Trinajstić information content (AvgIpc) is 2.53. The van der Waals surface area contributed by atoms with Crippen LogP contribution in [0.25, 0.3) is 6.08 Å². The molecular weight excluding hydrogens is 170 g/mol. The van der Waals surface area contributed by atoms with Gasteiger partial charge in [0.15, 0.2) is 0 Å². The van der Waals surface area contributed by atoms with Crippen LogP contribution in [0, 0.1) is 0 Å². The Hall–Kier alpha value is -0.700. The zero-order chi connectivity index (χ0) is 8.81. The number of hydrogen-bond donors (Lipinski definition) is 0. The topological polar surface area (TPSA) is 26.0 Å². The number of nitrogens with zero attached hydrogens (tertiary/aromatic N) is 1. The molecule has 1 aromatic rings. The summed E-state index contributed by atoms with van der Waals surface area (Å²) in [5.41, 5.74) is 0. The molecule has 0 unspecified atom stereocenters. The summed E-state index contributed by atoms with van der Waals surface area (Å²) in [6, 6.07) is 0. The monoisotopic (exact) mass is 183 g/mol. The van der Waals surface area contributed by atoms with Crippen LogP contribution in [0.4, 0.5) is 0 Å². The normalized spacial score (nSPS) is 11.2. The largest absolute Gasteiger partial charge is 0.442 e. The molecular formula is C9H13NOS. The van der Waals surface area contributed by atoms with E-state index in [1.165, 1.54) is 0 Å². The highest BCUT2D eigenvalue weighted by Crippen LogP contribution is 2.09. The van der Waals surface area contributed by atoms with Gasteiger partial charge >= 0.3 is 0 Å². The van der Waals surface area contributed by atoms with E-state index in [4.69, 9.17) is 4.42 Å². The lowest BCUT2D eigenvalue weighted by Gasteiger charge is -1.85. The summed E-state index contributed by atoms with van der Waals surface area (Å²) in [5.74, 6) is 2.72. The third-order valence-corrected chi connectivity index (χ3v) is 2.06. The smallest absolute Gasteiger partial charge is 0.219 e. The van der Waals surface area contributed by atoms with E-state index in [-0.39, 0.29) is 0 Å². The Bertz CT molecular complexity index is 255. The fraction of sp³-hybridized carbons (Fsp3) is 0.444. The van der Waals surface area contributed by atoms with Crippen LogP contribution in [-0.4, -0.2) is 10.7 Å². The molecule has 1 rings (SSSR count). The van der Waals surface area contributed by atoms with Crippen LogP contribution in [0.1, 0.15) is 25.5 Å². The van der Waals surface area contributed by atoms with Crippen LogP contribution >= 0.6 is 11.8 Å². The number of rotatable bonds is 4. The van der Waals surface area contributed by atoms with Gasteiger partial charge in [-0.3, -0.25) is 0 Å². The second-order valence-electron chi connectivity index (χ2n) is 2.28. The lowest BCUT2D eigenvalue weighted by molar-refractivity contribution is 0.500. The Labute approximate surface area is 77.1 Å². The van der Waals surface area contributed by atoms with E-state index < -0.39 is 0 Å². The van der Waals surface area contributed by atoms with E-state index in [1.54, 1.807) is 18.0 Å². The molecule has 0 fully saturated rings. The molecule has 0 atom stereocenters. The molecule has 0 aliphatic heterocycles. The van der Waals surface area contributed by atoms with Gasteiger partial charge in [0.2, 0.25) is 5.89 Å². The second-order valence-corrected chi connectivity index (χ2v) is 3.46. The van der Waals surface area contributed by atoms with Crippen molar-refractivity contribution in [1.29, 1.82) is 0 Å². The predicted molar refractivity (Wildman–Crippen MR) is 53.0 cm³/mol. The standard InChI is InChI=1S/C9H13NOS/c1-3-8-7-10-9(11-8)5-6-12-4-2/h5-7H,3-4H2,1-2H3. The van der Waals surface area contributed by atoms with Gasteiger partial charge in [0.25, 0.3) is 0 Å². The summed E-state index contributed by atoms with van der Waals surface area (Å²) in [4.78, 5) is 4.09. The van der Waals surface area contributed by atoms with Gasteiger partial charge in [-0.2, -0.15) is 0 Å². The zero-order valence-corrected chi connectivity index (χ0v) is 8.23. The number of oxazole rings is 1. The Kier molecular flexibility index (Phi) is 3.94. The first-order chi connectivity index (χ1) is 5.86. The quantitative estimate of drug-likeness (QED) is 0.717. The maximum atomic E-state index is 5.37. The van der Waals surface area contributed by atoms with Crippen molar-refractivity contribution in [1.82, 2.24) is 4.98 Å². The van der Waals surface area contributed by atoms with Crippen LogP contribution in [-0.2, 0) is 6.42 Å². The van der Waals surface area contributed by atoms with Crippen molar-refractivity contribution in [2.75, 3.05) is 5.75 Å². The third kappa shape index (κ3) is 2.74. The Morgan fingerprint density at radius 1 is 1.58 bits per heavy atom. The summed E-state index contributed by atoms with van der Waals surface area (Å²) in [7, 11) is 0. The first-order valence-electron chi connectivity index (χ1n) is 4.09. The van der Waals surface area contributed by atoms with E-state index in [9.17, 15) is 0 Å². The fourth-order valence-electron chi connectivity index (χ4n) is 0.766. The molecule has 0 aliphatic carbocycles. The van der Waals surface area contributed by atoms with Crippen LogP contribution in [0.15, 0.2) is 16.0 Å². The minimum atomic E-state index is 0.702. The molecule has 3 heteroatoms. The van der Waals surface area contributed by atoms with E-state index in [0.29, 0.717) is 5.89 Å². The Balaban J connectivity index is 2.51. The molecule has 0 radical (unpaired) electrons. The van der Waals surface area contributed by atoms with Gasteiger partial charge in [0.05, 0.1) is 6.20 Å². The molecule has 0 aliphatic rings. The molecule has 0 saturated heterocycles. The van der Waals surface area contributed by atoms with E-state index in [0.717, 1.165) is 17.9 Å². The lowest BCUT2D eigenvalue weighted by atomic mass is 10.4. The lowest BCUT2D eigenvalue weighted by Crippen LogP contribution is -1.68. The zero-order valence-electron chi connectivity index (χ0n) is 7.41. The van der Waals surface area contributed by atoms with Gasteiger partial charge in [0, 0.05) is 12.5 Å². The van der Waals surface area contributed by atoms with Crippen molar-refractivity contribution >= 4 is 17.8 Å². The highest BCUT2D eigenvalue weighted by molar-refractivity contribution is 8.02. The summed E-state index contributed by atoms with van der Waals surface area (Å²) in [6.45, 7) is 4.16. The van der Waals surface area contributed by atoms with Gasteiger partial charge in [-0.15, -0.1) is 11.8 Å².